The average molecular weight is 540 g/mol. The molecule has 0 aliphatic heterocycles. The van der Waals surface area contributed by atoms with Gasteiger partial charge in [-0.3, -0.25) is 14.2 Å². The molecule has 0 saturated heterocycles. The molecule has 11 heteroatoms. The fourth-order valence-corrected chi connectivity index (χ4v) is 5.79. The zero-order valence-electron chi connectivity index (χ0n) is 19.5. The van der Waals surface area contributed by atoms with Gasteiger partial charge in [0.05, 0.1) is 9.79 Å². The Labute approximate surface area is 214 Å². The van der Waals surface area contributed by atoms with Gasteiger partial charge in [0.25, 0.3) is 26.0 Å². The molecule has 4 aromatic carbocycles. The van der Waals surface area contributed by atoms with Crippen molar-refractivity contribution in [3.8, 4) is 0 Å². The number of halogens is 1. The normalized spacial score (nSPS) is 11.5. The molecule has 0 saturated carbocycles. The number of nitrogens with one attached hydrogen (secondary N) is 3. The molecule has 8 nitrogen and oxygen atoms in total. The van der Waals surface area contributed by atoms with Crippen LogP contribution in [0.3, 0.4) is 0 Å². The summed E-state index contributed by atoms with van der Waals surface area (Å²) in [6.45, 7) is 1.63. The summed E-state index contributed by atoms with van der Waals surface area (Å²) in [6.07, 6.45) is 0. The van der Waals surface area contributed by atoms with Crippen molar-refractivity contribution in [2.45, 2.75) is 16.7 Å². The van der Waals surface area contributed by atoms with Crippen molar-refractivity contribution >= 4 is 43.0 Å². The molecule has 0 atom stereocenters. The molecule has 0 spiro atoms. The van der Waals surface area contributed by atoms with Gasteiger partial charge in [-0.1, -0.05) is 24.3 Å². The molecular formula is C26H22FN3O5S2. The van der Waals surface area contributed by atoms with Gasteiger partial charge in [-0.05, 0) is 85.3 Å². The number of hydrogen-bond donors (Lipinski definition) is 3. The standard InChI is InChI=1S/C26H22FN3O5S2/c1-18-7-8-19(17-25(18)37(34,35)30-22-5-3-2-4-6-22)26(31)28-21-13-15-24(16-14-21)36(32,33)29-23-11-9-20(27)10-12-23/h2-17,29-30H,1H3,(H,28,31). The second-order valence-electron chi connectivity index (χ2n) is 8.04. The molecular weight excluding hydrogens is 517 g/mol. The lowest BCUT2D eigenvalue weighted by Crippen LogP contribution is -2.17. The van der Waals surface area contributed by atoms with Crippen LogP contribution in [-0.4, -0.2) is 22.7 Å². The molecule has 0 aliphatic carbocycles. The summed E-state index contributed by atoms with van der Waals surface area (Å²) in [5, 5.41) is 2.63. The number of carbonyl (C=O) groups excluding carboxylic acids is 1. The first-order chi connectivity index (χ1) is 17.5. The van der Waals surface area contributed by atoms with E-state index >= 15 is 0 Å². The Bertz CT molecular complexity index is 1640. The van der Waals surface area contributed by atoms with Crippen LogP contribution in [0.15, 0.2) is 107 Å². The SMILES string of the molecule is Cc1ccc(C(=O)Nc2ccc(S(=O)(=O)Nc3ccc(F)cc3)cc2)cc1S(=O)(=O)Nc1ccccc1. The molecule has 3 N–H and O–H groups in total. The summed E-state index contributed by atoms with van der Waals surface area (Å²) >= 11 is 0. The molecule has 4 aromatic rings. The Morgan fingerprint density at radius 2 is 1.24 bits per heavy atom. The van der Waals surface area contributed by atoms with E-state index in [0.717, 1.165) is 12.1 Å². The predicted octanol–water partition coefficient (Wildman–Crippen LogP) is 4.99. The number of aryl methyl sites for hydroxylation is 1. The number of benzene rings is 4. The number of sulfonamides is 2. The van der Waals surface area contributed by atoms with E-state index in [1.807, 2.05) is 0 Å². The number of carbonyl (C=O) groups is 1. The minimum atomic E-state index is -3.95. The molecule has 4 rings (SSSR count). The molecule has 0 aliphatic rings. The third kappa shape index (κ3) is 6.32. The zero-order valence-corrected chi connectivity index (χ0v) is 21.1. The van der Waals surface area contributed by atoms with E-state index in [0.29, 0.717) is 16.9 Å². The molecule has 0 heterocycles. The van der Waals surface area contributed by atoms with Crippen LogP contribution in [0, 0.1) is 12.7 Å². The first-order valence-corrected chi connectivity index (χ1v) is 13.9. The Morgan fingerprint density at radius 1 is 0.676 bits per heavy atom. The van der Waals surface area contributed by atoms with Crippen LogP contribution in [0.5, 0.6) is 0 Å². The number of para-hydroxylation sites is 1. The second-order valence-corrected chi connectivity index (χ2v) is 11.4. The Kier molecular flexibility index (Phi) is 7.28. The zero-order chi connectivity index (χ0) is 26.6. The first kappa shape index (κ1) is 25.9. The molecule has 0 radical (unpaired) electrons. The summed E-state index contributed by atoms with van der Waals surface area (Å²) in [7, 11) is -7.88. The van der Waals surface area contributed by atoms with Crippen molar-refractivity contribution in [3.05, 3.63) is 114 Å². The lowest BCUT2D eigenvalue weighted by molar-refractivity contribution is 0.102. The number of hydrogen-bond acceptors (Lipinski definition) is 5. The highest BCUT2D eigenvalue weighted by atomic mass is 32.2. The summed E-state index contributed by atoms with van der Waals surface area (Å²) in [5.41, 5.74) is 1.46. The Hall–Kier alpha value is -4.22. The molecule has 190 valence electrons. The summed E-state index contributed by atoms with van der Waals surface area (Å²) in [5.74, 6) is -1.06. The maximum atomic E-state index is 13.1. The van der Waals surface area contributed by atoms with E-state index in [-0.39, 0.29) is 21.0 Å². The number of anilines is 3. The largest absolute Gasteiger partial charge is 0.322 e. The van der Waals surface area contributed by atoms with Crippen molar-refractivity contribution < 1.29 is 26.0 Å². The monoisotopic (exact) mass is 539 g/mol. The quantitative estimate of drug-likeness (QED) is 0.291. The third-order valence-corrected chi connectivity index (χ3v) is 8.21. The lowest BCUT2D eigenvalue weighted by atomic mass is 10.1. The molecule has 1 amide bonds. The van der Waals surface area contributed by atoms with Crippen molar-refractivity contribution in [1.82, 2.24) is 0 Å². The van der Waals surface area contributed by atoms with Gasteiger partial charge in [0.1, 0.15) is 5.82 Å². The van der Waals surface area contributed by atoms with Gasteiger partial charge < -0.3 is 5.32 Å². The van der Waals surface area contributed by atoms with E-state index in [4.69, 9.17) is 0 Å². The smallest absolute Gasteiger partial charge is 0.262 e. The van der Waals surface area contributed by atoms with Crippen LogP contribution in [0.25, 0.3) is 0 Å². The maximum absolute atomic E-state index is 13.1. The highest BCUT2D eigenvalue weighted by molar-refractivity contribution is 7.93. The van der Waals surface area contributed by atoms with E-state index in [2.05, 4.69) is 14.8 Å². The summed E-state index contributed by atoms with van der Waals surface area (Å²) in [4.78, 5) is 12.7. The minimum Gasteiger partial charge on any atom is -0.322 e. The minimum absolute atomic E-state index is 0.0442. The highest BCUT2D eigenvalue weighted by Crippen LogP contribution is 2.23. The fourth-order valence-electron chi connectivity index (χ4n) is 3.40. The van der Waals surface area contributed by atoms with Crippen molar-refractivity contribution in [2.24, 2.45) is 0 Å². The molecule has 0 bridgehead atoms. The molecule has 0 aromatic heterocycles. The van der Waals surface area contributed by atoms with Crippen molar-refractivity contribution in [3.63, 3.8) is 0 Å². The van der Waals surface area contributed by atoms with Crippen LogP contribution in [0.4, 0.5) is 21.5 Å². The van der Waals surface area contributed by atoms with Gasteiger partial charge in [0, 0.05) is 22.6 Å². The topological polar surface area (TPSA) is 121 Å². The molecule has 0 fully saturated rings. The van der Waals surface area contributed by atoms with Crippen molar-refractivity contribution in [1.29, 1.82) is 0 Å². The van der Waals surface area contributed by atoms with Gasteiger partial charge in [0.2, 0.25) is 0 Å². The number of rotatable bonds is 8. The second kappa shape index (κ2) is 10.4. The van der Waals surface area contributed by atoms with Crippen LogP contribution >= 0.6 is 0 Å². The Morgan fingerprint density at radius 3 is 1.89 bits per heavy atom. The van der Waals surface area contributed by atoms with Crippen LogP contribution in [0.2, 0.25) is 0 Å². The third-order valence-electron chi connectivity index (χ3n) is 5.28. The van der Waals surface area contributed by atoms with Gasteiger partial charge in [-0.25, -0.2) is 21.2 Å². The lowest BCUT2D eigenvalue weighted by Gasteiger charge is -2.13. The van der Waals surface area contributed by atoms with E-state index < -0.39 is 31.8 Å². The average Bonchev–Trinajstić information content (AvgIpc) is 2.86. The molecule has 37 heavy (non-hydrogen) atoms. The highest BCUT2D eigenvalue weighted by Gasteiger charge is 2.20. The van der Waals surface area contributed by atoms with Crippen molar-refractivity contribution in [2.75, 3.05) is 14.8 Å². The number of amides is 1. The van der Waals surface area contributed by atoms with Crippen LogP contribution in [-0.2, 0) is 20.0 Å². The first-order valence-electron chi connectivity index (χ1n) is 10.9. The summed E-state index contributed by atoms with van der Waals surface area (Å²) in [6, 6.07) is 23.0. The van der Waals surface area contributed by atoms with Gasteiger partial charge in [-0.2, -0.15) is 0 Å². The van der Waals surface area contributed by atoms with E-state index in [1.165, 1.54) is 54.6 Å². The van der Waals surface area contributed by atoms with Crippen LogP contribution in [0.1, 0.15) is 15.9 Å². The molecule has 0 unspecified atom stereocenters. The van der Waals surface area contributed by atoms with E-state index in [9.17, 15) is 26.0 Å². The summed E-state index contributed by atoms with van der Waals surface area (Å²) < 4.78 is 68.9. The van der Waals surface area contributed by atoms with Gasteiger partial charge in [0.15, 0.2) is 0 Å². The van der Waals surface area contributed by atoms with Crippen LogP contribution < -0.4 is 14.8 Å². The van der Waals surface area contributed by atoms with Gasteiger partial charge in [-0.15, -0.1) is 0 Å². The Balaban J connectivity index is 1.49. The van der Waals surface area contributed by atoms with Gasteiger partial charge >= 0.3 is 0 Å². The predicted molar refractivity (Wildman–Crippen MR) is 140 cm³/mol. The van der Waals surface area contributed by atoms with E-state index in [1.54, 1.807) is 37.3 Å². The maximum Gasteiger partial charge on any atom is 0.262 e. The fraction of sp³-hybridized carbons (Fsp3) is 0.0385.